The molecular weight excluding hydrogens is 382 g/mol. The first-order valence-corrected chi connectivity index (χ1v) is 9.92. The molecule has 2 aromatic heterocycles. The maximum absolute atomic E-state index is 10.8. The maximum atomic E-state index is 10.8. The van der Waals surface area contributed by atoms with Gasteiger partial charge in [0.25, 0.3) is 0 Å². The molecule has 1 aromatic carbocycles. The van der Waals surface area contributed by atoms with Crippen LogP contribution in [0.2, 0.25) is 4.34 Å². The number of rotatable bonds is 7. The molecular formula is C20H20ClN3O2S. The Bertz CT molecular complexity index is 954. The molecule has 0 bridgehead atoms. The highest BCUT2D eigenvalue weighted by molar-refractivity contribution is 7.19. The summed E-state index contributed by atoms with van der Waals surface area (Å²) in [5.74, 6) is 0.590. The van der Waals surface area contributed by atoms with Crippen LogP contribution in [0.1, 0.15) is 30.7 Å². The van der Waals surface area contributed by atoms with Crippen LogP contribution in [0.3, 0.4) is 0 Å². The number of thiophene rings is 1. The van der Waals surface area contributed by atoms with Crippen molar-refractivity contribution in [1.82, 2.24) is 9.97 Å². The summed E-state index contributed by atoms with van der Waals surface area (Å²) in [6.07, 6.45) is 1.63. The summed E-state index contributed by atoms with van der Waals surface area (Å²) in [7, 11) is 0. The summed E-state index contributed by atoms with van der Waals surface area (Å²) in [6, 6.07) is 11.1. The summed E-state index contributed by atoms with van der Waals surface area (Å²) in [5.41, 5.74) is 3.71. The van der Waals surface area contributed by atoms with E-state index < -0.39 is 5.97 Å². The van der Waals surface area contributed by atoms with Gasteiger partial charge in [-0.25, -0.2) is 9.97 Å². The van der Waals surface area contributed by atoms with Crippen LogP contribution >= 0.6 is 22.9 Å². The number of carbonyl (C=O) groups is 1. The molecule has 0 radical (unpaired) electrons. The minimum Gasteiger partial charge on any atom is -0.481 e. The lowest BCUT2D eigenvalue weighted by Crippen LogP contribution is -2.07. The molecule has 5 nitrogen and oxygen atoms in total. The van der Waals surface area contributed by atoms with Gasteiger partial charge in [0.15, 0.2) is 5.82 Å². The molecule has 0 spiro atoms. The molecule has 0 saturated carbocycles. The Morgan fingerprint density at radius 3 is 2.41 bits per heavy atom. The molecule has 27 heavy (non-hydrogen) atoms. The molecule has 0 saturated heterocycles. The number of aliphatic carboxylic acids is 1. The van der Waals surface area contributed by atoms with Crippen LogP contribution in [-0.2, 0) is 24.1 Å². The number of hydrogen-bond acceptors (Lipinski definition) is 5. The van der Waals surface area contributed by atoms with Crippen molar-refractivity contribution < 1.29 is 9.90 Å². The maximum Gasteiger partial charge on any atom is 0.307 e. The van der Waals surface area contributed by atoms with Gasteiger partial charge in [0.05, 0.1) is 15.6 Å². The van der Waals surface area contributed by atoms with Crippen LogP contribution in [0, 0.1) is 0 Å². The normalized spacial score (nSPS) is 10.8. The molecule has 3 aromatic rings. The largest absolute Gasteiger partial charge is 0.481 e. The fourth-order valence-corrected chi connectivity index (χ4v) is 3.84. The fraction of sp³-hybridized carbons (Fsp3) is 0.250. The average molecular weight is 402 g/mol. The first-order valence-electron chi connectivity index (χ1n) is 8.73. The number of benzene rings is 1. The molecule has 2 N–H and O–H groups in total. The summed E-state index contributed by atoms with van der Waals surface area (Å²) < 4.78 is 0.703. The Morgan fingerprint density at radius 1 is 1.11 bits per heavy atom. The molecule has 0 aliphatic carbocycles. The van der Waals surface area contributed by atoms with Gasteiger partial charge in [-0.1, -0.05) is 37.6 Å². The van der Waals surface area contributed by atoms with Crippen LogP contribution in [0.4, 0.5) is 11.5 Å². The van der Waals surface area contributed by atoms with Crippen molar-refractivity contribution >= 4 is 40.4 Å². The summed E-state index contributed by atoms with van der Waals surface area (Å²) in [4.78, 5) is 21.2. The van der Waals surface area contributed by atoms with Gasteiger partial charge in [-0.2, -0.15) is 0 Å². The van der Waals surface area contributed by atoms with Gasteiger partial charge in [0.1, 0.15) is 5.82 Å². The zero-order valence-electron chi connectivity index (χ0n) is 15.1. The van der Waals surface area contributed by atoms with E-state index in [1.807, 2.05) is 36.4 Å². The third-order valence-corrected chi connectivity index (χ3v) is 5.37. The van der Waals surface area contributed by atoms with Crippen molar-refractivity contribution in [3.63, 3.8) is 0 Å². The number of aryl methyl sites for hydroxylation is 1. The van der Waals surface area contributed by atoms with E-state index in [0.717, 1.165) is 46.0 Å². The second-order valence-corrected chi connectivity index (χ2v) is 7.74. The first kappa shape index (κ1) is 19.3. The van der Waals surface area contributed by atoms with Crippen LogP contribution in [0.5, 0.6) is 0 Å². The SMILES string of the molecule is CCc1nc(-c2ccc(Cl)s2)nc(Nc2ccc(CC(=O)O)cc2)c1CC. The number of nitrogens with zero attached hydrogens (tertiary/aromatic N) is 2. The zero-order valence-corrected chi connectivity index (χ0v) is 16.7. The predicted octanol–water partition coefficient (Wildman–Crippen LogP) is 5.35. The number of nitrogens with one attached hydrogen (secondary N) is 1. The topological polar surface area (TPSA) is 75.1 Å². The highest BCUT2D eigenvalue weighted by atomic mass is 35.5. The van der Waals surface area contributed by atoms with Gasteiger partial charge in [-0.3, -0.25) is 4.79 Å². The van der Waals surface area contributed by atoms with E-state index >= 15 is 0 Å². The predicted molar refractivity (Wildman–Crippen MR) is 110 cm³/mol. The van der Waals surface area contributed by atoms with Gasteiger partial charge in [0, 0.05) is 16.9 Å². The Balaban J connectivity index is 1.96. The number of carboxylic acid groups (broad SMARTS) is 1. The van der Waals surface area contributed by atoms with Crippen molar-refractivity contribution in [2.24, 2.45) is 0 Å². The Kier molecular flexibility index (Phi) is 6.08. The lowest BCUT2D eigenvalue weighted by molar-refractivity contribution is -0.136. The highest BCUT2D eigenvalue weighted by Crippen LogP contribution is 2.32. The van der Waals surface area contributed by atoms with Gasteiger partial charge < -0.3 is 10.4 Å². The first-order chi connectivity index (χ1) is 13.0. The third-order valence-electron chi connectivity index (χ3n) is 4.15. The van der Waals surface area contributed by atoms with E-state index in [1.54, 1.807) is 0 Å². The quantitative estimate of drug-likeness (QED) is 0.557. The van der Waals surface area contributed by atoms with E-state index in [-0.39, 0.29) is 6.42 Å². The van der Waals surface area contributed by atoms with Crippen molar-refractivity contribution in [2.75, 3.05) is 5.32 Å². The van der Waals surface area contributed by atoms with Crippen LogP contribution in [0.15, 0.2) is 36.4 Å². The number of aromatic nitrogens is 2. The van der Waals surface area contributed by atoms with Gasteiger partial charge >= 0.3 is 5.97 Å². The van der Waals surface area contributed by atoms with E-state index in [1.165, 1.54) is 11.3 Å². The van der Waals surface area contributed by atoms with Crippen LogP contribution in [-0.4, -0.2) is 21.0 Å². The van der Waals surface area contributed by atoms with E-state index in [0.29, 0.717) is 10.2 Å². The third kappa shape index (κ3) is 4.64. The van der Waals surface area contributed by atoms with E-state index in [4.69, 9.17) is 26.7 Å². The number of anilines is 2. The lowest BCUT2D eigenvalue weighted by Gasteiger charge is -2.15. The van der Waals surface area contributed by atoms with Crippen molar-refractivity contribution in [3.05, 3.63) is 57.6 Å². The second-order valence-electron chi connectivity index (χ2n) is 6.02. The Labute approximate surface area is 167 Å². The van der Waals surface area contributed by atoms with Crippen LogP contribution < -0.4 is 5.32 Å². The van der Waals surface area contributed by atoms with Crippen molar-refractivity contribution in [3.8, 4) is 10.7 Å². The molecule has 0 aliphatic rings. The fourth-order valence-electron chi connectivity index (χ4n) is 2.86. The minimum absolute atomic E-state index is 0.0112. The van der Waals surface area contributed by atoms with Gasteiger partial charge in [-0.05, 0) is 42.7 Å². The lowest BCUT2D eigenvalue weighted by atomic mass is 10.1. The molecule has 0 atom stereocenters. The number of carboxylic acids is 1. The molecule has 0 amide bonds. The monoisotopic (exact) mass is 401 g/mol. The average Bonchev–Trinajstić information content (AvgIpc) is 3.08. The summed E-state index contributed by atoms with van der Waals surface area (Å²) in [5, 5.41) is 12.3. The van der Waals surface area contributed by atoms with Gasteiger partial charge in [0.2, 0.25) is 0 Å². The standard InChI is InChI=1S/C20H20ClN3O2S/c1-3-14-15(4-2)23-20(16-9-10-17(21)27-16)24-19(14)22-13-7-5-12(6-8-13)11-18(25)26/h5-10H,3-4,11H2,1-2H3,(H,25,26)(H,22,23,24). The number of hydrogen-bond donors (Lipinski definition) is 2. The van der Waals surface area contributed by atoms with Crippen molar-refractivity contribution in [2.45, 2.75) is 33.1 Å². The van der Waals surface area contributed by atoms with E-state index in [2.05, 4.69) is 19.2 Å². The Morgan fingerprint density at radius 2 is 1.85 bits per heavy atom. The molecule has 0 fully saturated rings. The van der Waals surface area contributed by atoms with E-state index in [9.17, 15) is 4.79 Å². The molecule has 0 unspecified atom stereocenters. The molecule has 0 aliphatic heterocycles. The summed E-state index contributed by atoms with van der Waals surface area (Å²) in [6.45, 7) is 4.16. The summed E-state index contributed by atoms with van der Waals surface area (Å²) >= 11 is 7.52. The van der Waals surface area contributed by atoms with Crippen LogP contribution in [0.25, 0.3) is 10.7 Å². The molecule has 140 valence electrons. The second kappa shape index (κ2) is 8.50. The molecule has 2 heterocycles. The molecule has 7 heteroatoms. The molecule has 3 rings (SSSR count). The number of halogens is 1. The highest BCUT2D eigenvalue weighted by Gasteiger charge is 2.15. The Hall–Kier alpha value is -2.44. The van der Waals surface area contributed by atoms with Gasteiger partial charge in [-0.15, -0.1) is 11.3 Å². The smallest absolute Gasteiger partial charge is 0.307 e. The zero-order chi connectivity index (χ0) is 19.4. The minimum atomic E-state index is -0.841. The van der Waals surface area contributed by atoms with Crippen molar-refractivity contribution in [1.29, 1.82) is 0 Å².